The van der Waals surface area contributed by atoms with Crippen molar-refractivity contribution in [3.63, 3.8) is 0 Å². The second-order valence-corrected chi connectivity index (χ2v) is 12.3. The molecule has 0 saturated carbocycles. The standard InChI is InChI=1S/C46H30N4/c1-4-15-31(16-5-1)43-40-27-14-26-38(42(40)39-25-10-11-28-41(39)47-43)36-23-12-21-34(29-36)35-22-13-24-37(30-35)46-49-44(32-17-6-2-7-18-32)48-45(50-46)33-19-8-3-9-20-33/h1-30H. The first kappa shape index (κ1) is 29.4. The fourth-order valence-corrected chi connectivity index (χ4v) is 6.70. The third-order valence-corrected chi connectivity index (χ3v) is 9.10. The Morgan fingerprint density at radius 2 is 0.720 bits per heavy atom. The fraction of sp³-hybridized carbons (Fsp3) is 0. The Morgan fingerprint density at radius 3 is 1.36 bits per heavy atom. The van der Waals surface area contributed by atoms with Crippen LogP contribution in [0.4, 0.5) is 0 Å². The minimum atomic E-state index is 0.636. The Kier molecular flexibility index (Phi) is 7.45. The summed E-state index contributed by atoms with van der Waals surface area (Å²) in [5, 5.41) is 3.48. The van der Waals surface area contributed by atoms with Gasteiger partial charge in [0, 0.05) is 38.4 Å². The lowest BCUT2D eigenvalue weighted by Gasteiger charge is -2.15. The van der Waals surface area contributed by atoms with Gasteiger partial charge in [0.15, 0.2) is 17.5 Å². The summed E-state index contributed by atoms with van der Waals surface area (Å²) in [7, 11) is 0. The number of rotatable bonds is 6. The molecule has 0 fully saturated rings. The third kappa shape index (κ3) is 5.49. The molecule has 4 heteroatoms. The van der Waals surface area contributed by atoms with E-state index in [1.165, 1.54) is 10.9 Å². The second-order valence-electron chi connectivity index (χ2n) is 12.3. The van der Waals surface area contributed by atoms with E-state index in [1.807, 2.05) is 66.7 Å². The van der Waals surface area contributed by atoms with E-state index in [0.717, 1.165) is 60.9 Å². The molecule has 0 N–H and O–H groups in total. The second kappa shape index (κ2) is 12.7. The number of aromatic nitrogens is 4. The summed E-state index contributed by atoms with van der Waals surface area (Å²) in [5.74, 6) is 1.93. The van der Waals surface area contributed by atoms with Gasteiger partial charge in [0.1, 0.15) is 0 Å². The minimum absolute atomic E-state index is 0.636. The number of hydrogen-bond donors (Lipinski definition) is 0. The van der Waals surface area contributed by atoms with Gasteiger partial charge in [-0.1, -0.05) is 164 Å². The first-order valence-corrected chi connectivity index (χ1v) is 16.7. The molecular formula is C46H30N4. The van der Waals surface area contributed by atoms with Gasteiger partial charge in [0.2, 0.25) is 0 Å². The molecule has 0 atom stereocenters. The zero-order valence-corrected chi connectivity index (χ0v) is 27.1. The van der Waals surface area contributed by atoms with Crippen molar-refractivity contribution in [1.82, 2.24) is 19.9 Å². The topological polar surface area (TPSA) is 51.6 Å². The van der Waals surface area contributed by atoms with Crippen LogP contribution in [-0.4, -0.2) is 19.9 Å². The van der Waals surface area contributed by atoms with Gasteiger partial charge in [-0.2, -0.15) is 0 Å². The Balaban J connectivity index is 1.17. The van der Waals surface area contributed by atoms with Gasteiger partial charge in [-0.3, -0.25) is 0 Å². The SMILES string of the molecule is c1ccc(-c2nc(-c3ccccc3)nc(-c3cccc(-c4cccc(-c5cccc6c(-c7ccccc7)nc7ccccc7c56)c4)c3)n2)cc1. The van der Waals surface area contributed by atoms with Crippen LogP contribution in [0, 0.1) is 0 Å². The van der Waals surface area contributed by atoms with Gasteiger partial charge >= 0.3 is 0 Å². The lowest BCUT2D eigenvalue weighted by molar-refractivity contribution is 1.07. The average Bonchev–Trinajstić information content (AvgIpc) is 3.21. The van der Waals surface area contributed by atoms with Crippen molar-refractivity contribution < 1.29 is 0 Å². The molecule has 9 aromatic rings. The van der Waals surface area contributed by atoms with Crippen molar-refractivity contribution in [1.29, 1.82) is 0 Å². The summed E-state index contributed by atoms with van der Waals surface area (Å²) >= 11 is 0. The van der Waals surface area contributed by atoms with Gasteiger partial charge in [-0.15, -0.1) is 0 Å². The molecule has 234 valence electrons. The molecule has 0 spiro atoms. The lowest BCUT2D eigenvalue weighted by atomic mass is 9.91. The van der Waals surface area contributed by atoms with Gasteiger partial charge < -0.3 is 0 Å². The average molecular weight is 639 g/mol. The Labute approximate surface area is 290 Å². The highest BCUT2D eigenvalue weighted by atomic mass is 15.0. The lowest BCUT2D eigenvalue weighted by Crippen LogP contribution is -2.00. The molecule has 0 bridgehead atoms. The molecule has 0 amide bonds. The van der Waals surface area contributed by atoms with Crippen molar-refractivity contribution in [3.05, 3.63) is 182 Å². The first-order chi connectivity index (χ1) is 24.8. The molecule has 7 aromatic carbocycles. The summed E-state index contributed by atoms with van der Waals surface area (Å²) in [6.45, 7) is 0. The molecule has 0 aliphatic carbocycles. The van der Waals surface area contributed by atoms with Gasteiger partial charge in [0.25, 0.3) is 0 Å². The van der Waals surface area contributed by atoms with Crippen LogP contribution in [0.25, 0.3) is 89.4 Å². The van der Waals surface area contributed by atoms with Gasteiger partial charge in [0.05, 0.1) is 11.2 Å². The molecule has 2 heterocycles. The van der Waals surface area contributed by atoms with Crippen LogP contribution in [0.2, 0.25) is 0 Å². The molecule has 0 aliphatic rings. The van der Waals surface area contributed by atoms with Crippen LogP contribution < -0.4 is 0 Å². The number of nitrogens with zero attached hydrogens (tertiary/aromatic N) is 4. The smallest absolute Gasteiger partial charge is 0.164 e. The molecule has 2 aromatic heterocycles. The molecule has 9 rings (SSSR count). The highest BCUT2D eigenvalue weighted by Gasteiger charge is 2.16. The summed E-state index contributed by atoms with van der Waals surface area (Å²) in [4.78, 5) is 20.0. The van der Waals surface area contributed by atoms with Crippen molar-refractivity contribution in [2.75, 3.05) is 0 Å². The Morgan fingerprint density at radius 1 is 0.280 bits per heavy atom. The van der Waals surface area contributed by atoms with Crippen molar-refractivity contribution in [2.45, 2.75) is 0 Å². The van der Waals surface area contributed by atoms with E-state index in [-0.39, 0.29) is 0 Å². The van der Waals surface area contributed by atoms with E-state index in [2.05, 4.69) is 115 Å². The maximum absolute atomic E-state index is 5.15. The minimum Gasteiger partial charge on any atom is -0.247 e. The molecule has 0 saturated heterocycles. The monoisotopic (exact) mass is 638 g/mol. The molecule has 0 aliphatic heterocycles. The van der Waals surface area contributed by atoms with E-state index in [9.17, 15) is 0 Å². The molecular weight excluding hydrogens is 609 g/mol. The van der Waals surface area contributed by atoms with Crippen molar-refractivity contribution >= 4 is 21.7 Å². The van der Waals surface area contributed by atoms with Crippen LogP contribution in [0.5, 0.6) is 0 Å². The highest BCUT2D eigenvalue weighted by Crippen LogP contribution is 2.39. The maximum Gasteiger partial charge on any atom is 0.164 e. The van der Waals surface area contributed by atoms with E-state index < -0.39 is 0 Å². The number of hydrogen-bond acceptors (Lipinski definition) is 4. The fourth-order valence-electron chi connectivity index (χ4n) is 6.70. The Hall–Kier alpha value is -6.78. The zero-order chi connectivity index (χ0) is 33.3. The molecule has 0 unspecified atom stereocenters. The van der Waals surface area contributed by atoms with Crippen molar-refractivity contribution in [2.24, 2.45) is 0 Å². The summed E-state index contributed by atoms with van der Waals surface area (Å²) in [5.41, 5.74) is 10.4. The number of fused-ring (bicyclic) bond motifs is 3. The molecule has 50 heavy (non-hydrogen) atoms. The highest BCUT2D eigenvalue weighted by molar-refractivity contribution is 6.17. The third-order valence-electron chi connectivity index (χ3n) is 9.10. The van der Waals surface area contributed by atoms with Gasteiger partial charge in [-0.25, -0.2) is 19.9 Å². The van der Waals surface area contributed by atoms with Crippen LogP contribution in [0.15, 0.2) is 182 Å². The van der Waals surface area contributed by atoms with Crippen LogP contribution in [0.3, 0.4) is 0 Å². The number of para-hydroxylation sites is 1. The number of pyridine rings is 1. The van der Waals surface area contributed by atoms with E-state index in [1.54, 1.807) is 0 Å². The molecule has 4 nitrogen and oxygen atoms in total. The summed E-state index contributed by atoms with van der Waals surface area (Å²) in [6.07, 6.45) is 0. The van der Waals surface area contributed by atoms with Crippen LogP contribution in [-0.2, 0) is 0 Å². The zero-order valence-electron chi connectivity index (χ0n) is 27.1. The van der Waals surface area contributed by atoms with Crippen LogP contribution in [0.1, 0.15) is 0 Å². The predicted molar refractivity (Wildman–Crippen MR) is 205 cm³/mol. The summed E-state index contributed by atoms with van der Waals surface area (Å²) in [6, 6.07) is 62.9. The van der Waals surface area contributed by atoms with Crippen LogP contribution >= 0.6 is 0 Å². The number of benzene rings is 7. The Bertz CT molecular complexity index is 2580. The normalized spacial score (nSPS) is 11.2. The van der Waals surface area contributed by atoms with E-state index in [0.29, 0.717) is 17.5 Å². The van der Waals surface area contributed by atoms with E-state index >= 15 is 0 Å². The summed E-state index contributed by atoms with van der Waals surface area (Å²) < 4.78 is 0. The maximum atomic E-state index is 5.15. The molecule has 0 radical (unpaired) electrons. The quantitative estimate of drug-likeness (QED) is 0.170. The van der Waals surface area contributed by atoms with Gasteiger partial charge in [-0.05, 0) is 40.5 Å². The predicted octanol–water partition coefficient (Wildman–Crippen LogP) is 11.6. The first-order valence-electron chi connectivity index (χ1n) is 16.7. The van der Waals surface area contributed by atoms with E-state index in [4.69, 9.17) is 19.9 Å². The largest absolute Gasteiger partial charge is 0.247 e. The van der Waals surface area contributed by atoms with Crippen molar-refractivity contribution in [3.8, 4) is 67.7 Å².